The summed E-state index contributed by atoms with van der Waals surface area (Å²) in [4.78, 5) is 26.3. The van der Waals surface area contributed by atoms with Gasteiger partial charge in [0, 0.05) is 6.42 Å². The average molecular weight is 973 g/mol. The highest BCUT2D eigenvalue weighted by Gasteiger charge is 2.24. The largest absolute Gasteiger partial charge is 0.462 e. The topological polar surface area (TPSA) is 95.9 Å². The van der Waals surface area contributed by atoms with Crippen molar-refractivity contribution in [1.82, 2.24) is 5.32 Å². The molecule has 0 bridgehead atoms. The zero-order valence-corrected chi connectivity index (χ0v) is 46.7. The first-order valence-corrected chi connectivity index (χ1v) is 31.1. The maximum absolute atomic E-state index is 13.3. The first-order chi connectivity index (χ1) is 34.0. The van der Waals surface area contributed by atoms with Crippen molar-refractivity contribution in [2.75, 3.05) is 6.61 Å². The molecule has 0 aromatic carbocycles. The number of esters is 1. The van der Waals surface area contributed by atoms with Crippen molar-refractivity contribution in [2.45, 2.75) is 360 Å². The van der Waals surface area contributed by atoms with Crippen molar-refractivity contribution >= 4 is 11.9 Å². The molecule has 0 aliphatic carbocycles. The van der Waals surface area contributed by atoms with E-state index in [1.54, 1.807) is 0 Å². The van der Waals surface area contributed by atoms with Crippen molar-refractivity contribution < 1.29 is 24.5 Å². The monoisotopic (exact) mass is 972 g/mol. The number of carbonyl (C=O) groups is 2. The Morgan fingerprint density at radius 1 is 0.406 bits per heavy atom. The van der Waals surface area contributed by atoms with Crippen LogP contribution in [0.3, 0.4) is 0 Å². The molecule has 0 radical (unpaired) electrons. The van der Waals surface area contributed by atoms with Gasteiger partial charge < -0.3 is 20.3 Å². The quantitative estimate of drug-likeness (QED) is 0.0321. The Morgan fingerprint density at radius 3 is 1.04 bits per heavy atom. The van der Waals surface area contributed by atoms with Crippen LogP contribution in [-0.2, 0) is 14.3 Å². The van der Waals surface area contributed by atoms with Gasteiger partial charge in [0.15, 0.2) is 0 Å². The summed E-state index contributed by atoms with van der Waals surface area (Å²) in [6.07, 6.45) is 68.2. The van der Waals surface area contributed by atoms with Gasteiger partial charge in [-0.1, -0.05) is 276 Å². The predicted octanol–water partition coefficient (Wildman–Crippen LogP) is 19.4. The molecule has 6 nitrogen and oxygen atoms in total. The van der Waals surface area contributed by atoms with E-state index in [1.165, 1.54) is 238 Å². The van der Waals surface area contributed by atoms with Crippen LogP contribution >= 0.6 is 0 Å². The first kappa shape index (κ1) is 67.3. The van der Waals surface area contributed by atoms with E-state index < -0.39 is 18.2 Å². The number of nitrogens with one attached hydrogen (secondary N) is 1. The minimum absolute atomic E-state index is 0.0704. The second-order valence-electron chi connectivity index (χ2n) is 21.5. The number of amides is 1. The molecule has 0 rings (SSSR count). The van der Waals surface area contributed by atoms with Crippen LogP contribution in [0.1, 0.15) is 342 Å². The summed E-state index contributed by atoms with van der Waals surface area (Å²) >= 11 is 0. The first-order valence-electron chi connectivity index (χ1n) is 31.1. The third-order valence-electron chi connectivity index (χ3n) is 14.5. The lowest BCUT2D eigenvalue weighted by Crippen LogP contribution is -2.46. The Morgan fingerprint density at radius 2 is 0.696 bits per heavy atom. The highest BCUT2D eigenvalue weighted by Crippen LogP contribution is 2.19. The number of carbonyl (C=O) groups excluding carboxylic acids is 2. The van der Waals surface area contributed by atoms with Crippen LogP contribution in [0.25, 0.3) is 0 Å². The fourth-order valence-electron chi connectivity index (χ4n) is 9.78. The zero-order chi connectivity index (χ0) is 50.2. The van der Waals surface area contributed by atoms with Gasteiger partial charge in [0.05, 0.1) is 25.2 Å². The third kappa shape index (κ3) is 52.5. The van der Waals surface area contributed by atoms with Gasteiger partial charge in [0.25, 0.3) is 0 Å². The van der Waals surface area contributed by atoms with Gasteiger partial charge in [-0.05, 0) is 77.0 Å². The molecule has 0 fully saturated rings. The maximum Gasteiger partial charge on any atom is 0.306 e. The van der Waals surface area contributed by atoms with Gasteiger partial charge >= 0.3 is 5.97 Å². The molecule has 6 heteroatoms. The standard InChI is InChI=1S/C63H121NO5/c1-4-7-10-13-16-19-22-25-28-31-34-37-40-43-46-49-52-55-61(66)60(58-65)64-62(67)57-59(54-51-48-45-42-39-36-33-30-27-24-21-18-15-12-9-6-3)69-63(68)56-53-50-47-44-41-38-35-32-29-26-23-20-17-14-11-8-5-2/h26,29,36,39,59-61,65-66H,4-25,27-28,30-35,37-38,40-58H2,1-3H3,(H,64,67)/b29-26+,39-36+. The second kappa shape index (κ2) is 57.2. The predicted molar refractivity (Wildman–Crippen MR) is 301 cm³/mol. The van der Waals surface area contributed by atoms with Crippen LogP contribution < -0.4 is 5.32 Å². The minimum atomic E-state index is -0.791. The number of hydrogen-bond donors (Lipinski definition) is 3. The van der Waals surface area contributed by atoms with Gasteiger partial charge in [-0.2, -0.15) is 0 Å². The molecule has 0 aromatic rings. The van der Waals surface area contributed by atoms with Gasteiger partial charge in [0.1, 0.15) is 6.10 Å². The second-order valence-corrected chi connectivity index (χ2v) is 21.5. The molecule has 3 atom stereocenters. The number of ether oxygens (including phenoxy) is 1. The van der Waals surface area contributed by atoms with Crippen molar-refractivity contribution in [3.05, 3.63) is 24.3 Å². The summed E-state index contributed by atoms with van der Waals surface area (Å²) in [6.45, 7) is 6.53. The molecular weight excluding hydrogens is 851 g/mol. The lowest BCUT2D eigenvalue weighted by atomic mass is 10.0. The summed E-state index contributed by atoms with van der Waals surface area (Å²) in [5.41, 5.74) is 0. The molecule has 0 aromatic heterocycles. The minimum Gasteiger partial charge on any atom is -0.462 e. The molecule has 0 aliphatic heterocycles. The van der Waals surface area contributed by atoms with Crippen molar-refractivity contribution in [3.63, 3.8) is 0 Å². The fraction of sp³-hybridized carbons (Fsp3) is 0.905. The Hall–Kier alpha value is -1.66. The van der Waals surface area contributed by atoms with Crippen LogP contribution in [0.15, 0.2) is 24.3 Å². The normalized spacial score (nSPS) is 13.2. The van der Waals surface area contributed by atoms with Crippen molar-refractivity contribution in [2.24, 2.45) is 0 Å². The SMILES string of the molecule is CCCCCCCC/C=C/CCCCCCCCCC(=O)OC(CCCCC/C=C/CCCCCCCCCCC)CC(=O)NC(CO)C(O)CCCCCCCCCCCCCCCCCCC. The van der Waals surface area contributed by atoms with Crippen molar-refractivity contribution in [3.8, 4) is 0 Å². The van der Waals surface area contributed by atoms with E-state index in [0.29, 0.717) is 19.3 Å². The summed E-state index contributed by atoms with van der Waals surface area (Å²) < 4.78 is 5.97. The van der Waals surface area contributed by atoms with E-state index in [1.807, 2.05) is 0 Å². The molecule has 0 aliphatic rings. The molecule has 3 N–H and O–H groups in total. The molecule has 0 spiro atoms. The third-order valence-corrected chi connectivity index (χ3v) is 14.5. The number of unbranched alkanes of at least 4 members (excludes halogenated alkanes) is 41. The number of allylic oxidation sites excluding steroid dienone is 4. The fourth-order valence-corrected chi connectivity index (χ4v) is 9.78. The zero-order valence-electron chi connectivity index (χ0n) is 46.7. The Labute approximate surface area is 431 Å². The number of hydrogen-bond acceptors (Lipinski definition) is 5. The summed E-state index contributed by atoms with van der Waals surface area (Å²) in [5.74, 6) is -0.474. The molecule has 408 valence electrons. The smallest absolute Gasteiger partial charge is 0.306 e. The number of aliphatic hydroxyl groups excluding tert-OH is 2. The van der Waals surface area contributed by atoms with Gasteiger partial charge in [-0.3, -0.25) is 9.59 Å². The molecule has 3 unspecified atom stereocenters. The number of rotatable bonds is 57. The van der Waals surface area contributed by atoms with E-state index in [2.05, 4.69) is 50.4 Å². The summed E-state index contributed by atoms with van der Waals surface area (Å²) in [7, 11) is 0. The van der Waals surface area contributed by atoms with Crippen LogP contribution in [0, 0.1) is 0 Å². The van der Waals surface area contributed by atoms with Crippen LogP contribution in [0.2, 0.25) is 0 Å². The van der Waals surface area contributed by atoms with E-state index in [4.69, 9.17) is 4.74 Å². The molecule has 0 saturated heterocycles. The van der Waals surface area contributed by atoms with E-state index >= 15 is 0 Å². The maximum atomic E-state index is 13.3. The summed E-state index contributed by atoms with van der Waals surface area (Å²) in [6, 6.07) is -0.705. The van der Waals surface area contributed by atoms with Gasteiger partial charge in [-0.15, -0.1) is 0 Å². The molecular formula is C63H121NO5. The van der Waals surface area contributed by atoms with Gasteiger partial charge in [-0.25, -0.2) is 0 Å². The molecule has 0 heterocycles. The Bertz CT molecular complexity index is 1090. The Balaban J connectivity index is 4.52. The summed E-state index contributed by atoms with van der Waals surface area (Å²) in [5, 5.41) is 24.0. The molecule has 69 heavy (non-hydrogen) atoms. The highest BCUT2D eigenvalue weighted by molar-refractivity contribution is 5.77. The van der Waals surface area contributed by atoms with Crippen LogP contribution in [0.4, 0.5) is 0 Å². The molecule has 0 saturated carbocycles. The van der Waals surface area contributed by atoms with E-state index in [0.717, 1.165) is 57.8 Å². The van der Waals surface area contributed by atoms with E-state index in [-0.39, 0.29) is 24.9 Å². The van der Waals surface area contributed by atoms with Crippen molar-refractivity contribution in [1.29, 1.82) is 0 Å². The van der Waals surface area contributed by atoms with Gasteiger partial charge in [0.2, 0.25) is 5.91 Å². The number of aliphatic hydroxyl groups is 2. The van der Waals surface area contributed by atoms with Crippen LogP contribution in [-0.4, -0.2) is 46.9 Å². The van der Waals surface area contributed by atoms with Crippen LogP contribution in [0.5, 0.6) is 0 Å². The Kier molecular flexibility index (Phi) is 55.9. The lowest BCUT2D eigenvalue weighted by molar-refractivity contribution is -0.151. The molecule has 1 amide bonds. The van der Waals surface area contributed by atoms with E-state index in [9.17, 15) is 19.8 Å². The average Bonchev–Trinajstić information content (AvgIpc) is 3.34. The lowest BCUT2D eigenvalue weighted by Gasteiger charge is -2.24. The highest BCUT2D eigenvalue weighted by atomic mass is 16.5.